The van der Waals surface area contributed by atoms with Crippen LogP contribution in [0.2, 0.25) is 0 Å². The third-order valence-electron chi connectivity index (χ3n) is 2.80. The summed E-state index contributed by atoms with van der Waals surface area (Å²) in [5, 5.41) is 5.33. The molecular weight excluding hydrogens is 382 g/mol. The van der Waals surface area contributed by atoms with Gasteiger partial charge < -0.3 is 10.1 Å². The van der Waals surface area contributed by atoms with Gasteiger partial charge in [0.25, 0.3) is 0 Å². The first-order chi connectivity index (χ1) is 11.6. The summed E-state index contributed by atoms with van der Waals surface area (Å²) >= 11 is 2.68. The lowest BCUT2D eigenvalue weighted by Crippen LogP contribution is -2.37. The van der Waals surface area contributed by atoms with Crippen LogP contribution in [0.5, 0.6) is 0 Å². The van der Waals surface area contributed by atoms with Crippen LogP contribution in [0.25, 0.3) is 10.6 Å². The van der Waals surface area contributed by atoms with Crippen molar-refractivity contribution in [3.63, 3.8) is 0 Å². The van der Waals surface area contributed by atoms with Crippen LogP contribution in [-0.4, -0.2) is 38.2 Å². The van der Waals surface area contributed by atoms with Crippen molar-refractivity contribution < 1.29 is 17.9 Å². The van der Waals surface area contributed by atoms with Gasteiger partial charge in [0.2, 0.25) is 10.0 Å². The van der Waals surface area contributed by atoms with Crippen molar-refractivity contribution in [2.24, 2.45) is 0 Å². The first-order valence-electron chi connectivity index (χ1n) is 7.56. The van der Waals surface area contributed by atoms with Crippen molar-refractivity contribution in [1.29, 1.82) is 0 Å². The highest BCUT2D eigenvalue weighted by atomic mass is 32.2. The van der Waals surface area contributed by atoms with Crippen molar-refractivity contribution in [2.75, 3.05) is 13.1 Å². The second-order valence-electron chi connectivity index (χ2n) is 6.20. The Morgan fingerprint density at radius 3 is 2.60 bits per heavy atom. The molecule has 7 nitrogen and oxygen atoms in total. The number of sulfonamides is 1. The maximum atomic E-state index is 12.3. The molecule has 0 saturated carbocycles. The predicted molar refractivity (Wildman–Crippen MR) is 99.6 cm³/mol. The number of nitrogens with one attached hydrogen (secondary N) is 2. The fraction of sp³-hybridized carbons (Fsp3) is 0.467. The number of amides is 1. The van der Waals surface area contributed by atoms with Crippen LogP contribution in [-0.2, 0) is 14.8 Å². The van der Waals surface area contributed by atoms with E-state index in [9.17, 15) is 13.2 Å². The number of hydrogen-bond acceptors (Lipinski definition) is 7. The summed E-state index contributed by atoms with van der Waals surface area (Å²) in [6.45, 7) is 7.38. The van der Waals surface area contributed by atoms with Crippen LogP contribution in [0, 0.1) is 6.92 Å². The maximum absolute atomic E-state index is 12.3. The van der Waals surface area contributed by atoms with Gasteiger partial charge in [0.15, 0.2) is 0 Å². The van der Waals surface area contributed by atoms with Gasteiger partial charge >= 0.3 is 6.09 Å². The van der Waals surface area contributed by atoms with E-state index in [-0.39, 0.29) is 17.3 Å². The smallest absolute Gasteiger partial charge is 0.407 e. The van der Waals surface area contributed by atoms with Crippen molar-refractivity contribution in [3.8, 4) is 10.6 Å². The fourth-order valence-corrected chi connectivity index (χ4v) is 4.84. The highest BCUT2D eigenvalue weighted by Gasteiger charge is 2.19. The molecule has 1 amide bonds. The second kappa shape index (κ2) is 7.81. The van der Waals surface area contributed by atoms with Gasteiger partial charge in [-0.1, -0.05) is 0 Å². The van der Waals surface area contributed by atoms with Gasteiger partial charge in [-0.25, -0.2) is 22.9 Å². The van der Waals surface area contributed by atoms with Crippen molar-refractivity contribution >= 4 is 38.8 Å². The second-order valence-corrected chi connectivity index (χ2v) is 10.3. The fourth-order valence-electron chi connectivity index (χ4n) is 1.81. The number of aryl methyl sites for hydroxylation is 1. The Bertz CT molecular complexity index is 834. The summed E-state index contributed by atoms with van der Waals surface area (Å²) in [6, 6.07) is 3.30. The molecule has 0 radical (unpaired) electrons. The van der Waals surface area contributed by atoms with Gasteiger partial charge in [-0.3, -0.25) is 0 Å². The molecule has 2 N–H and O–H groups in total. The van der Waals surface area contributed by atoms with E-state index in [1.807, 2.05) is 12.3 Å². The topological polar surface area (TPSA) is 97.4 Å². The van der Waals surface area contributed by atoms with Gasteiger partial charge in [0.1, 0.15) is 9.81 Å². The molecule has 0 bridgehead atoms. The standard InChI is InChI=1S/C15H21N3O4S3/c1-10-18-11(9-23-10)12-5-6-13(24-12)25(20,21)17-8-7-16-14(19)22-15(2,3)4/h5-6,9,17H,7-8H2,1-4H3,(H,16,19). The molecule has 0 atom stereocenters. The number of nitrogens with zero attached hydrogens (tertiary/aromatic N) is 1. The number of hydrogen-bond donors (Lipinski definition) is 2. The number of rotatable bonds is 6. The quantitative estimate of drug-likeness (QED) is 0.723. The first-order valence-corrected chi connectivity index (χ1v) is 10.7. The summed E-state index contributed by atoms with van der Waals surface area (Å²) < 4.78 is 32.3. The number of thiazole rings is 1. The Balaban J connectivity index is 1.88. The molecule has 10 heteroatoms. The van der Waals surface area contributed by atoms with E-state index in [1.54, 1.807) is 32.9 Å². The number of ether oxygens (including phenoxy) is 1. The predicted octanol–water partition coefficient (Wildman–Crippen LogP) is 2.98. The number of alkyl carbamates (subject to hydrolysis) is 1. The molecule has 0 aliphatic heterocycles. The Morgan fingerprint density at radius 2 is 2.00 bits per heavy atom. The summed E-state index contributed by atoms with van der Waals surface area (Å²) in [5.41, 5.74) is 0.186. The van der Waals surface area contributed by atoms with E-state index in [2.05, 4.69) is 15.0 Å². The monoisotopic (exact) mass is 403 g/mol. The molecule has 0 unspecified atom stereocenters. The average Bonchev–Trinajstić information content (AvgIpc) is 3.10. The first kappa shape index (κ1) is 19.8. The van der Waals surface area contributed by atoms with Gasteiger partial charge in [0.05, 0.1) is 15.6 Å². The van der Waals surface area contributed by atoms with Crippen LogP contribution in [0.3, 0.4) is 0 Å². The van der Waals surface area contributed by atoms with Crippen LogP contribution in [0.15, 0.2) is 21.7 Å². The molecule has 0 aliphatic carbocycles. The largest absolute Gasteiger partial charge is 0.444 e. The SMILES string of the molecule is Cc1nc(-c2ccc(S(=O)(=O)NCCNC(=O)OC(C)(C)C)s2)cs1. The van der Waals surface area contributed by atoms with Crippen LogP contribution in [0.4, 0.5) is 4.79 Å². The van der Waals surface area contributed by atoms with E-state index in [0.29, 0.717) is 0 Å². The van der Waals surface area contributed by atoms with Crippen molar-refractivity contribution in [1.82, 2.24) is 15.0 Å². The van der Waals surface area contributed by atoms with Crippen molar-refractivity contribution in [3.05, 3.63) is 22.5 Å². The minimum absolute atomic E-state index is 0.0740. The van der Waals surface area contributed by atoms with E-state index in [1.165, 1.54) is 11.3 Å². The molecule has 25 heavy (non-hydrogen) atoms. The number of carbonyl (C=O) groups is 1. The molecule has 2 heterocycles. The minimum atomic E-state index is -3.62. The van der Waals surface area contributed by atoms with E-state index >= 15 is 0 Å². The van der Waals surface area contributed by atoms with Gasteiger partial charge in [-0.2, -0.15) is 0 Å². The summed E-state index contributed by atoms with van der Waals surface area (Å²) in [6.07, 6.45) is -0.580. The lowest BCUT2D eigenvalue weighted by atomic mass is 10.2. The Hall–Kier alpha value is -1.49. The average molecular weight is 404 g/mol. The number of thiophene rings is 1. The van der Waals surface area contributed by atoms with Crippen molar-refractivity contribution in [2.45, 2.75) is 37.5 Å². The molecule has 0 aliphatic rings. The Labute approximate surface area is 155 Å². The van der Waals surface area contributed by atoms with Crippen LogP contribution < -0.4 is 10.0 Å². The van der Waals surface area contributed by atoms with E-state index in [0.717, 1.165) is 26.9 Å². The third kappa shape index (κ3) is 6.07. The molecule has 0 spiro atoms. The third-order valence-corrected chi connectivity index (χ3v) is 6.64. The maximum Gasteiger partial charge on any atom is 0.407 e. The molecule has 2 aromatic rings. The molecule has 0 aromatic carbocycles. The number of carbonyl (C=O) groups excluding carboxylic acids is 1. The highest BCUT2D eigenvalue weighted by molar-refractivity contribution is 7.91. The number of aromatic nitrogens is 1. The highest BCUT2D eigenvalue weighted by Crippen LogP contribution is 2.31. The van der Waals surface area contributed by atoms with E-state index < -0.39 is 21.7 Å². The van der Waals surface area contributed by atoms with Crippen LogP contribution in [0.1, 0.15) is 25.8 Å². The zero-order valence-electron chi connectivity index (χ0n) is 14.5. The Morgan fingerprint density at radius 1 is 1.28 bits per heavy atom. The van der Waals surface area contributed by atoms with E-state index in [4.69, 9.17) is 4.74 Å². The molecule has 2 rings (SSSR count). The summed E-state index contributed by atoms with van der Waals surface area (Å²) in [7, 11) is -3.62. The van der Waals surface area contributed by atoms with Crippen LogP contribution >= 0.6 is 22.7 Å². The lowest BCUT2D eigenvalue weighted by Gasteiger charge is -2.19. The van der Waals surface area contributed by atoms with Gasteiger partial charge in [-0.15, -0.1) is 22.7 Å². The normalized spacial score (nSPS) is 12.2. The Kier molecular flexibility index (Phi) is 6.20. The minimum Gasteiger partial charge on any atom is -0.444 e. The van der Waals surface area contributed by atoms with Gasteiger partial charge in [0, 0.05) is 18.5 Å². The molecular formula is C15H21N3O4S3. The zero-order valence-corrected chi connectivity index (χ0v) is 16.9. The summed E-state index contributed by atoms with van der Waals surface area (Å²) in [5.74, 6) is 0. The zero-order chi connectivity index (χ0) is 18.7. The molecule has 138 valence electrons. The lowest BCUT2D eigenvalue weighted by molar-refractivity contribution is 0.0529. The summed E-state index contributed by atoms with van der Waals surface area (Å²) in [4.78, 5) is 16.7. The van der Waals surface area contributed by atoms with Gasteiger partial charge in [-0.05, 0) is 39.8 Å². The molecule has 0 saturated heterocycles. The molecule has 0 fully saturated rings. The molecule has 2 aromatic heterocycles.